The van der Waals surface area contributed by atoms with Crippen molar-refractivity contribution >= 4 is 11.8 Å². The molecule has 2 heterocycles. The molecule has 1 saturated heterocycles. The van der Waals surface area contributed by atoms with E-state index in [0.29, 0.717) is 13.1 Å². The van der Waals surface area contributed by atoms with Crippen LogP contribution in [0.5, 0.6) is 0 Å². The number of carbonyl (C=O) groups is 2. The van der Waals surface area contributed by atoms with Gasteiger partial charge in [0.2, 0.25) is 11.8 Å². The van der Waals surface area contributed by atoms with Crippen LogP contribution in [0.2, 0.25) is 0 Å². The molecule has 1 aliphatic heterocycles. The number of nitrogens with one attached hydrogen (secondary N) is 2. The molecule has 1 unspecified atom stereocenters. The van der Waals surface area contributed by atoms with Crippen LogP contribution in [0.15, 0.2) is 12.4 Å². The molecule has 6 nitrogen and oxygen atoms in total. The molecule has 0 radical (unpaired) electrons. The van der Waals surface area contributed by atoms with E-state index in [1.807, 2.05) is 4.90 Å². The first-order chi connectivity index (χ1) is 9.74. The van der Waals surface area contributed by atoms with Crippen LogP contribution >= 0.6 is 0 Å². The van der Waals surface area contributed by atoms with E-state index in [4.69, 9.17) is 0 Å². The standard InChI is InChI=1S/C14H20N4O2/c19-13(17-8-12-15-5-6-16-12)11-2-1-7-18(9-11)14(20)10-3-4-10/h5-6,10-11H,1-4,7-9H2,(H,15,16)(H,17,19). The summed E-state index contributed by atoms with van der Waals surface area (Å²) in [7, 11) is 0. The second-order valence-electron chi connectivity index (χ2n) is 5.65. The fourth-order valence-corrected chi connectivity index (χ4v) is 2.69. The van der Waals surface area contributed by atoms with E-state index in [2.05, 4.69) is 15.3 Å². The number of H-pyrrole nitrogens is 1. The van der Waals surface area contributed by atoms with Crippen LogP contribution in [0.3, 0.4) is 0 Å². The Morgan fingerprint density at radius 1 is 1.35 bits per heavy atom. The van der Waals surface area contributed by atoms with Gasteiger partial charge in [0.25, 0.3) is 0 Å². The van der Waals surface area contributed by atoms with Gasteiger partial charge in [-0.05, 0) is 25.7 Å². The number of piperidine rings is 1. The molecule has 2 N–H and O–H groups in total. The van der Waals surface area contributed by atoms with E-state index in [1.165, 1.54) is 0 Å². The highest BCUT2D eigenvalue weighted by Gasteiger charge is 2.36. The molecule has 2 amide bonds. The lowest BCUT2D eigenvalue weighted by molar-refractivity contribution is -0.136. The number of aromatic amines is 1. The van der Waals surface area contributed by atoms with Crippen LogP contribution in [-0.2, 0) is 16.1 Å². The van der Waals surface area contributed by atoms with Crippen molar-refractivity contribution in [3.8, 4) is 0 Å². The normalized spacial score (nSPS) is 22.6. The Bertz CT molecular complexity index is 481. The summed E-state index contributed by atoms with van der Waals surface area (Å²) in [6.45, 7) is 1.79. The molecule has 6 heteroatoms. The van der Waals surface area contributed by atoms with Crippen LogP contribution in [0, 0.1) is 11.8 Å². The van der Waals surface area contributed by atoms with Gasteiger partial charge < -0.3 is 15.2 Å². The third-order valence-electron chi connectivity index (χ3n) is 4.02. The van der Waals surface area contributed by atoms with E-state index in [1.54, 1.807) is 12.4 Å². The summed E-state index contributed by atoms with van der Waals surface area (Å²) in [6.07, 6.45) is 7.21. The number of amides is 2. The average molecular weight is 276 g/mol. The van der Waals surface area contributed by atoms with Gasteiger partial charge in [-0.2, -0.15) is 0 Å². The molecule has 0 spiro atoms. The van der Waals surface area contributed by atoms with Crippen molar-refractivity contribution in [2.24, 2.45) is 11.8 Å². The third-order valence-corrected chi connectivity index (χ3v) is 4.02. The number of carbonyl (C=O) groups excluding carboxylic acids is 2. The lowest BCUT2D eigenvalue weighted by Crippen LogP contribution is -2.45. The summed E-state index contributed by atoms with van der Waals surface area (Å²) in [4.78, 5) is 33.1. The minimum Gasteiger partial charge on any atom is -0.349 e. The van der Waals surface area contributed by atoms with Gasteiger partial charge in [0.1, 0.15) is 5.82 Å². The molecular weight excluding hydrogens is 256 g/mol. The lowest BCUT2D eigenvalue weighted by Gasteiger charge is -2.32. The predicted octanol–water partition coefficient (Wildman–Crippen LogP) is 0.674. The van der Waals surface area contributed by atoms with Gasteiger partial charge in [-0.1, -0.05) is 0 Å². The van der Waals surface area contributed by atoms with Crippen molar-refractivity contribution in [2.75, 3.05) is 13.1 Å². The van der Waals surface area contributed by atoms with Gasteiger partial charge in [0.15, 0.2) is 0 Å². The van der Waals surface area contributed by atoms with Gasteiger partial charge in [0.05, 0.1) is 12.5 Å². The van der Waals surface area contributed by atoms with Crippen molar-refractivity contribution in [2.45, 2.75) is 32.2 Å². The molecule has 3 rings (SSSR count). The SMILES string of the molecule is O=C(NCc1ncc[nH]1)C1CCCN(C(=O)C2CC2)C1. The van der Waals surface area contributed by atoms with Gasteiger partial charge in [-0.15, -0.1) is 0 Å². The van der Waals surface area contributed by atoms with E-state index >= 15 is 0 Å². The lowest BCUT2D eigenvalue weighted by atomic mass is 9.96. The minimum atomic E-state index is -0.0820. The Morgan fingerprint density at radius 3 is 2.90 bits per heavy atom. The molecule has 108 valence electrons. The van der Waals surface area contributed by atoms with Crippen molar-refractivity contribution in [3.63, 3.8) is 0 Å². The van der Waals surface area contributed by atoms with E-state index in [9.17, 15) is 9.59 Å². The Balaban J connectivity index is 1.50. The summed E-state index contributed by atoms with van der Waals surface area (Å²) in [5.74, 6) is 1.17. The number of likely N-dealkylation sites (tertiary alicyclic amines) is 1. The first kappa shape index (κ1) is 13.1. The highest BCUT2D eigenvalue weighted by Crippen LogP contribution is 2.32. The maximum absolute atomic E-state index is 12.2. The third kappa shape index (κ3) is 3.00. The average Bonchev–Trinajstić information content (AvgIpc) is 3.20. The zero-order valence-corrected chi connectivity index (χ0v) is 11.5. The Morgan fingerprint density at radius 2 is 2.20 bits per heavy atom. The summed E-state index contributed by atoms with van der Waals surface area (Å²) >= 11 is 0. The van der Waals surface area contributed by atoms with Crippen LogP contribution < -0.4 is 5.32 Å². The summed E-state index contributed by atoms with van der Waals surface area (Å²) in [5.41, 5.74) is 0. The topological polar surface area (TPSA) is 78.1 Å². The predicted molar refractivity (Wildman–Crippen MR) is 72.5 cm³/mol. The number of hydrogen-bond donors (Lipinski definition) is 2. The second kappa shape index (κ2) is 5.64. The molecule has 1 aliphatic carbocycles. The molecular formula is C14H20N4O2. The van der Waals surface area contributed by atoms with Crippen molar-refractivity contribution < 1.29 is 9.59 Å². The quantitative estimate of drug-likeness (QED) is 0.848. The van der Waals surface area contributed by atoms with Crippen molar-refractivity contribution in [1.29, 1.82) is 0 Å². The number of nitrogens with zero attached hydrogens (tertiary/aromatic N) is 2. The van der Waals surface area contributed by atoms with Crippen LogP contribution in [0.25, 0.3) is 0 Å². The van der Waals surface area contributed by atoms with Gasteiger partial charge in [-0.3, -0.25) is 9.59 Å². The molecule has 2 aliphatic rings. The van der Waals surface area contributed by atoms with E-state index in [-0.39, 0.29) is 23.7 Å². The van der Waals surface area contributed by atoms with Gasteiger partial charge in [0, 0.05) is 31.4 Å². The molecule has 1 aromatic heterocycles. The first-order valence-electron chi connectivity index (χ1n) is 7.29. The molecule has 0 bridgehead atoms. The molecule has 1 saturated carbocycles. The number of imidazole rings is 1. The van der Waals surface area contributed by atoms with Crippen LogP contribution in [0.4, 0.5) is 0 Å². The number of hydrogen-bond acceptors (Lipinski definition) is 3. The Hall–Kier alpha value is -1.85. The van der Waals surface area contributed by atoms with Crippen LogP contribution in [-0.4, -0.2) is 39.8 Å². The van der Waals surface area contributed by atoms with Gasteiger partial charge >= 0.3 is 0 Å². The fraction of sp³-hybridized carbons (Fsp3) is 0.643. The maximum Gasteiger partial charge on any atom is 0.225 e. The summed E-state index contributed by atoms with van der Waals surface area (Å²) < 4.78 is 0. The second-order valence-corrected chi connectivity index (χ2v) is 5.65. The highest BCUT2D eigenvalue weighted by atomic mass is 16.2. The summed E-state index contributed by atoms with van der Waals surface area (Å²) in [5, 5.41) is 2.89. The Labute approximate surface area is 117 Å². The minimum absolute atomic E-state index is 0.0229. The smallest absolute Gasteiger partial charge is 0.225 e. The van der Waals surface area contributed by atoms with Crippen molar-refractivity contribution in [1.82, 2.24) is 20.2 Å². The molecule has 0 aromatic carbocycles. The Kier molecular flexibility index (Phi) is 3.71. The fourth-order valence-electron chi connectivity index (χ4n) is 2.69. The van der Waals surface area contributed by atoms with E-state index < -0.39 is 0 Å². The summed E-state index contributed by atoms with van der Waals surface area (Å²) in [6, 6.07) is 0. The maximum atomic E-state index is 12.2. The first-order valence-corrected chi connectivity index (χ1v) is 7.29. The molecule has 20 heavy (non-hydrogen) atoms. The zero-order chi connectivity index (χ0) is 13.9. The monoisotopic (exact) mass is 276 g/mol. The van der Waals surface area contributed by atoms with Crippen molar-refractivity contribution in [3.05, 3.63) is 18.2 Å². The number of aromatic nitrogens is 2. The van der Waals surface area contributed by atoms with E-state index in [0.717, 1.165) is 38.1 Å². The molecule has 1 atom stereocenters. The molecule has 2 fully saturated rings. The highest BCUT2D eigenvalue weighted by molar-refractivity contribution is 5.83. The van der Waals surface area contributed by atoms with Gasteiger partial charge in [-0.25, -0.2) is 4.98 Å². The van der Waals surface area contributed by atoms with Crippen LogP contribution in [0.1, 0.15) is 31.5 Å². The zero-order valence-electron chi connectivity index (χ0n) is 11.5. The number of rotatable bonds is 4. The largest absolute Gasteiger partial charge is 0.349 e. The molecule has 1 aromatic rings.